The average Bonchev–Trinajstić information content (AvgIpc) is 3.01. The van der Waals surface area contributed by atoms with Gasteiger partial charge in [0, 0.05) is 22.9 Å². The molecular weight excluding hydrogens is 332 g/mol. The second-order valence-corrected chi connectivity index (χ2v) is 7.53. The Hall–Kier alpha value is -3.12. The Kier molecular flexibility index (Phi) is 4.00. The van der Waals surface area contributed by atoms with Gasteiger partial charge in [0.1, 0.15) is 18.2 Å². The average molecular weight is 355 g/mol. The van der Waals surface area contributed by atoms with Crippen LogP contribution in [0.2, 0.25) is 0 Å². The zero-order valence-corrected chi connectivity index (χ0v) is 16.4. The van der Waals surface area contributed by atoms with Crippen molar-refractivity contribution in [1.82, 2.24) is 0 Å². The Morgan fingerprint density at radius 3 is 2.48 bits per heavy atom. The van der Waals surface area contributed by atoms with Crippen LogP contribution in [0.25, 0.3) is 38.0 Å². The zero-order valence-electron chi connectivity index (χ0n) is 16.4. The van der Waals surface area contributed by atoms with E-state index in [0.717, 1.165) is 33.2 Å². The summed E-state index contributed by atoms with van der Waals surface area (Å²) in [6.07, 6.45) is 2.05. The molecule has 0 atom stereocenters. The fraction of sp³-hybridized carbons (Fsp3) is 0.250. The highest BCUT2D eigenvalue weighted by Gasteiger charge is 2.24. The van der Waals surface area contributed by atoms with Gasteiger partial charge >= 0.3 is 0 Å². The predicted molar refractivity (Wildman–Crippen MR) is 110 cm³/mol. The molecule has 0 unspecified atom stereocenters. The molecule has 0 radical (unpaired) electrons. The van der Waals surface area contributed by atoms with Crippen molar-refractivity contribution in [3.63, 3.8) is 0 Å². The molecule has 0 aliphatic carbocycles. The molecule has 0 aliphatic heterocycles. The van der Waals surface area contributed by atoms with Crippen molar-refractivity contribution in [3.8, 4) is 11.3 Å². The van der Waals surface area contributed by atoms with Gasteiger partial charge in [0.25, 0.3) is 0 Å². The minimum atomic E-state index is 0.279. The summed E-state index contributed by atoms with van der Waals surface area (Å²) in [5.41, 5.74) is 7.81. The Morgan fingerprint density at radius 1 is 1.04 bits per heavy atom. The minimum Gasteiger partial charge on any atom is -0.466 e. The van der Waals surface area contributed by atoms with Gasteiger partial charge in [-0.2, -0.15) is 0 Å². The summed E-state index contributed by atoms with van der Waals surface area (Å²) in [7, 11) is 2.05. The molecule has 0 fully saturated rings. The van der Waals surface area contributed by atoms with Crippen molar-refractivity contribution in [2.75, 3.05) is 0 Å². The molecule has 3 nitrogen and oxygen atoms in total. The highest BCUT2D eigenvalue weighted by Crippen LogP contribution is 2.44. The molecule has 0 saturated heterocycles. The Bertz CT molecular complexity index is 1240. The summed E-state index contributed by atoms with van der Waals surface area (Å²) in [4.78, 5) is 3.84. The maximum atomic E-state index is 7.74. The number of nitrogens with zero attached hydrogens (tertiary/aromatic N) is 2. The van der Waals surface area contributed by atoms with Gasteiger partial charge in [-0.25, -0.2) is 9.41 Å². The van der Waals surface area contributed by atoms with Gasteiger partial charge in [-0.3, -0.25) is 0 Å². The number of benzene rings is 2. The first-order valence-corrected chi connectivity index (χ1v) is 9.25. The number of aryl methyl sites for hydroxylation is 3. The highest BCUT2D eigenvalue weighted by atomic mass is 16.3. The van der Waals surface area contributed by atoms with Crippen LogP contribution < -0.4 is 4.57 Å². The van der Waals surface area contributed by atoms with E-state index < -0.39 is 0 Å². The monoisotopic (exact) mass is 355 g/mol. The number of pyridine rings is 1. The molecule has 2 aromatic heterocycles. The van der Waals surface area contributed by atoms with Crippen LogP contribution in [-0.4, -0.2) is 0 Å². The van der Waals surface area contributed by atoms with Crippen LogP contribution in [0, 0.1) is 20.4 Å². The van der Waals surface area contributed by atoms with E-state index in [0.29, 0.717) is 11.3 Å². The van der Waals surface area contributed by atoms with Gasteiger partial charge < -0.3 is 4.42 Å². The van der Waals surface area contributed by atoms with Crippen LogP contribution in [0.1, 0.15) is 36.5 Å². The summed E-state index contributed by atoms with van der Waals surface area (Å²) in [6.45, 7) is 16.2. The summed E-state index contributed by atoms with van der Waals surface area (Å²) in [6, 6.07) is 12.6. The highest BCUT2D eigenvalue weighted by molar-refractivity contribution is 6.14. The fourth-order valence-corrected chi connectivity index (χ4v) is 4.06. The molecule has 2 heterocycles. The molecule has 4 rings (SSSR count). The lowest BCUT2D eigenvalue weighted by Crippen LogP contribution is -2.30. The molecule has 3 heteroatoms. The summed E-state index contributed by atoms with van der Waals surface area (Å²) in [5, 5.41) is 2.13. The van der Waals surface area contributed by atoms with Gasteiger partial charge in [0.2, 0.25) is 11.4 Å². The molecule has 0 saturated carbocycles. The van der Waals surface area contributed by atoms with E-state index in [1.165, 1.54) is 11.1 Å². The third-order valence-electron chi connectivity index (χ3n) is 5.36. The molecular formula is C24H23N2O+. The molecule has 0 N–H and O–H groups in total. The van der Waals surface area contributed by atoms with E-state index in [1.807, 2.05) is 25.4 Å². The van der Waals surface area contributed by atoms with Crippen LogP contribution in [0.15, 0.2) is 47.0 Å². The van der Waals surface area contributed by atoms with Crippen LogP contribution in [-0.2, 0) is 7.05 Å². The van der Waals surface area contributed by atoms with Gasteiger partial charge in [-0.15, -0.1) is 0 Å². The first-order valence-electron chi connectivity index (χ1n) is 9.25. The minimum absolute atomic E-state index is 0.279. The Labute approximate surface area is 159 Å². The fourth-order valence-electron chi connectivity index (χ4n) is 4.06. The number of rotatable bonds is 2. The van der Waals surface area contributed by atoms with Gasteiger partial charge in [0.05, 0.1) is 12.1 Å². The van der Waals surface area contributed by atoms with E-state index in [-0.39, 0.29) is 5.92 Å². The van der Waals surface area contributed by atoms with E-state index in [1.54, 1.807) is 0 Å². The van der Waals surface area contributed by atoms with Crippen LogP contribution in [0.4, 0.5) is 5.69 Å². The number of aromatic nitrogens is 1. The molecule has 0 spiro atoms. The topological polar surface area (TPSA) is 21.4 Å². The number of hydrogen-bond donors (Lipinski definition) is 0. The van der Waals surface area contributed by atoms with Crippen molar-refractivity contribution in [3.05, 3.63) is 70.7 Å². The van der Waals surface area contributed by atoms with E-state index in [4.69, 9.17) is 11.0 Å². The van der Waals surface area contributed by atoms with Gasteiger partial charge in [0.15, 0.2) is 6.20 Å². The van der Waals surface area contributed by atoms with Crippen LogP contribution in [0.3, 0.4) is 0 Å². The first kappa shape index (κ1) is 17.3. The quantitative estimate of drug-likeness (QED) is 0.302. The number of fused-ring (bicyclic) bond motifs is 3. The van der Waals surface area contributed by atoms with Crippen molar-refractivity contribution in [2.45, 2.75) is 33.6 Å². The third-order valence-corrected chi connectivity index (χ3v) is 5.36. The third kappa shape index (κ3) is 2.52. The Morgan fingerprint density at radius 2 is 1.81 bits per heavy atom. The van der Waals surface area contributed by atoms with E-state index in [9.17, 15) is 0 Å². The molecule has 0 aliphatic rings. The molecule has 0 bridgehead atoms. The molecule has 134 valence electrons. The first-order chi connectivity index (χ1) is 12.9. The van der Waals surface area contributed by atoms with Crippen LogP contribution in [0.5, 0.6) is 0 Å². The van der Waals surface area contributed by atoms with Crippen molar-refractivity contribution >= 4 is 27.6 Å². The normalized spacial score (nSPS) is 11.4. The second kappa shape index (κ2) is 6.25. The predicted octanol–water partition coefficient (Wildman–Crippen LogP) is 6.37. The smallest absolute Gasteiger partial charge is 0.232 e. The molecule has 4 aromatic rings. The summed E-state index contributed by atoms with van der Waals surface area (Å²) >= 11 is 0. The maximum Gasteiger partial charge on any atom is 0.232 e. The lowest BCUT2D eigenvalue weighted by molar-refractivity contribution is -0.660. The summed E-state index contributed by atoms with van der Waals surface area (Å²) < 4.78 is 8.55. The van der Waals surface area contributed by atoms with Gasteiger partial charge in [-0.05, 0) is 42.5 Å². The molecule has 2 aromatic carbocycles. The summed E-state index contributed by atoms with van der Waals surface area (Å²) in [5.74, 6) is 0.279. The number of furan rings is 1. The van der Waals surface area contributed by atoms with E-state index >= 15 is 0 Å². The second-order valence-electron chi connectivity index (χ2n) is 7.53. The standard InChI is InChI=1S/C24H23N2O/c1-14(2)17-10-11-18-20-15(3)13-16(4)21(19-9-7-8-12-26(19)6)24(20)27-23(18)22(17)25-5/h7-14H,1-4,6H3/q+1. The molecule has 27 heavy (non-hydrogen) atoms. The van der Waals surface area contributed by atoms with E-state index in [2.05, 4.69) is 61.4 Å². The maximum absolute atomic E-state index is 7.74. The molecule has 0 amide bonds. The zero-order chi connectivity index (χ0) is 19.3. The Balaban J connectivity index is 2.21. The number of hydrogen-bond acceptors (Lipinski definition) is 1. The van der Waals surface area contributed by atoms with Crippen molar-refractivity contribution < 1.29 is 8.98 Å². The largest absolute Gasteiger partial charge is 0.466 e. The lowest BCUT2D eigenvalue weighted by atomic mass is 9.95. The lowest BCUT2D eigenvalue weighted by Gasteiger charge is -2.08. The van der Waals surface area contributed by atoms with Crippen molar-refractivity contribution in [1.29, 1.82) is 0 Å². The SMILES string of the molecule is [C-]#[N+]c1c(C(C)C)ccc2c1oc1c(-c3cccc[n+]3C)c(C)cc(C)c12. The van der Waals surface area contributed by atoms with Crippen LogP contribution >= 0.6 is 0 Å². The van der Waals surface area contributed by atoms with Gasteiger partial charge in [-0.1, -0.05) is 32.0 Å². The van der Waals surface area contributed by atoms with Crippen molar-refractivity contribution in [2.24, 2.45) is 7.05 Å².